The van der Waals surface area contributed by atoms with Crippen molar-refractivity contribution >= 4 is 11.4 Å². The molecule has 0 fully saturated rings. The molecule has 4 nitrogen and oxygen atoms in total. The zero-order valence-electron chi connectivity index (χ0n) is 9.70. The molecular formula is C11H19N3O. The highest BCUT2D eigenvalue weighted by molar-refractivity contribution is 5.52. The molecule has 4 heteroatoms. The van der Waals surface area contributed by atoms with E-state index in [-0.39, 0.29) is 0 Å². The van der Waals surface area contributed by atoms with Crippen molar-refractivity contribution in [3.05, 3.63) is 18.5 Å². The Morgan fingerprint density at radius 2 is 1.87 bits per heavy atom. The first-order chi connectivity index (χ1) is 6.72. The third-order valence-corrected chi connectivity index (χ3v) is 2.75. The molecule has 1 heterocycles. The summed E-state index contributed by atoms with van der Waals surface area (Å²) in [5.41, 5.74) is 5.74. The van der Waals surface area contributed by atoms with Crippen LogP contribution in [0.15, 0.2) is 18.5 Å². The van der Waals surface area contributed by atoms with Crippen molar-refractivity contribution < 1.29 is 5.11 Å². The van der Waals surface area contributed by atoms with E-state index in [1.807, 2.05) is 13.8 Å². The van der Waals surface area contributed by atoms with E-state index in [1.54, 1.807) is 32.3 Å². The van der Waals surface area contributed by atoms with Gasteiger partial charge in [-0.25, -0.2) is 0 Å². The number of nitrogen functional groups attached to an aromatic ring is 1. The van der Waals surface area contributed by atoms with Crippen LogP contribution in [0, 0.1) is 0 Å². The van der Waals surface area contributed by atoms with Gasteiger partial charge < -0.3 is 16.2 Å². The molecular weight excluding hydrogens is 190 g/mol. The van der Waals surface area contributed by atoms with Crippen LogP contribution < -0.4 is 11.1 Å². The molecule has 0 saturated heterocycles. The summed E-state index contributed by atoms with van der Waals surface area (Å²) in [5.74, 6) is 0. The Hall–Kier alpha value is -1.29. The van der Waals surface area contributed by atoms with Gasteiger partial charge in [-0.2, -0.15) is 0 Å². The summed E-state index contributed by atoms with van der Waals surface area (Å²) in [6, 6.07) is 1.79. The Morgan fingerprint density at radius 1 is 1.27 bits per heavy atom. The van der Waals surface area contributed by atoms with Crippen LogP contribution in [0.2, 0.25) is 0 Å². The Balaban J connectivity index is 2.87. The van der Waals surface area contributed by atoms with Crippen molar-refractivity contribution in [1.82, 2.24) is 4.98 Å². The first-order valence-corrected chi connectivity index (χ1v) is 4.93. The number of hydrogen-bond acceptors (Lipinski definition) is 4. The summed E-state index contributed by atoms with van der Waals surface area (Å²) in [5, 5.41) is 13.2. The second kappa shape index (κ2) is 3.70. The zero-order chi connectivity index (χ0) is 11.7. The first-order valence-electron chi connectivity index (χ1n) is 4.93. The standard InChI is InChI=1S/C11H19N3O/c1-10(2,11(3,4)15)14-9-5-8(12)6-13-7-9/h5-7,14-15H,12H2,1-4H3. The third-order valence-electron chi connectivity index (χ3n) is 2.75. The maximum absolute atomic E-state index is 9.96. The van der Waals surface area contributed by atoms with Crippen LogP contribution in [0.1, 0.15) is 27.7 Å². The van der Waals surface area contributed by atoms with Gasteiger partial charge in [0.2, 0.25) is 0 Å². The van der Waals surface area contributed by atoms with Gasteiger partial charge in [-0.3, -0.25) is 4.98 Å². The summed E-state index contributed by atoms with van der Waals surface area (Å²) >= 11 is 0. The van der Waals surface area contributed by atoms with E-state index in [2.05, 4.69) is 10.3 Å². The molecule has 0 saturated carbocycles. The van der Waals surface area contributed by atoms with Crippen LogP contribution in [0.3, 0.4) is 0 Å². The smallest absolute Gasteiger partial charge is 0.0814 e. The van der Waals surface area contributed by atoms with Crippen molar-refractivity contribution in [2.24, 2.45) is 0 Å². The van der Waals surface area contributed by atoms with E-state index in [4.69, 9.17) is 5.73 Å². The van der Waals surface area contributed by atoms with Crippen LogP contribution in [-0.4, -0.2) is 21.2 Å². The van der Waals surface area contributed by atoms with Crippen LogP contribution in [-0.2, 0) is 0 Å². The molecule has 84 valence electrons. The number of rotatable bonds is 3. The number of nitrogens with two attached hydrogens (primary N) is 1. The van der Waals surface area contributed by atoms with Gasteiger partial charge in [0.05, 0.1) is 28.7 Å². The third kappa shape index (κ3) is 2.83. The van der Waals surface area contributed by atoms with Crippen LogP contribution in [0.25, 0.3) is 0 Å². The molecule has 1 aromatic heterocycles. The minimum Gasteiger partial charge on any atom is -0.397 e. The van der Waals surface area contributed by atoms with E-state index in [0.29, 0.717) is 5.69 Å². The number of aliphatic hydroxyl groups is 1. The Morgan fingerprint density at radius 3 is 2.33 bits per heavy atom. The number of pyridine rings is 1. The highest BCUT2D eigenvalue weighted by atomic mass is 16.3. The number of nitrogens with zero attached hydrogens (tertiary/aromatic N) is 1. The molecule has 0 aliphatic rings. The number of anilines is 2. The van der Waals surface area contributed by atoms with Crippen molar-refractivity contribution in [1.29, 1.82) is 0 Å². The molecule has 0 amide bonds. The monoisotopic (exact) mass is 209 g/mol. The molecule has 0 aliphatic carbocycles. The molecule has 0 unspecified atom stereocenters. The summed E-state index contributed by atoms with van der Waals surface area (Å²) in [7, 11) is 0. The SMILES string of the molecule is CC(C)(O)C(C)(C)Nc1cncc(N)c1. The van der Waals surface area contributed by atoms with Gasteiger partial charge in [-0.05, 0) is 33.8 Å². The lowest BCUT2D eigenvalue weighted by Crippen LogP contribution is -2.51. The van der Waals surface area contributed by atoms with Gasteiger partial charge in [0.15, 0.2) is 0 Å². The minimum absolute atomic E-state index is 0.456. The average molecular weight is 209 g/mol. The summed E-state index contributed by atoms with van der Waals surface area (Å²) in [6.07, 6.45) is 3.27. The number of nitrogens with one attached hydrogen (secondary N) is 1. The minimum atomic E-state index is -0.836. The topological polar surface area (TPSA) is 71.2 Å². The molecule has 1 aromatic rings. The zero-order valence-corrected chi connectivity index (χ0v) is 9.70. The predicted octanol–water partition coefficient (Wildman–Crippen LogP) is 1.63. The van der Waals surface area contributed by atoms with Crippen LogP contribution in [0.4, 0.5) is 11.4 Å². The highest BCUT2D eigenvalue weighted by Gasteiger charge is 2.34. The van der Waals surface area contributed by atoms with Crippen molar-refractivity contribution in [3.63, 3.8) is 0 Å². The van der Waals surface area contributed by atoms with Gasteiger partial charge in [-0.15, -0.1) is 0 Å². The van der Waals surface area contributed by atoms with Crippen LogP contribution in [0.5, 0.6) is 0 Å². The van der Waals surface area contributed by atoms with E-state index in [9.17, 15) is 5.11 Å². The van der Waals surface area contributed by atoms with Crippen molar-refractivity contribution in [2.45, 2.75) is 38.8 Å². The second-order valence-corrected chi connectivity index (χ2v) is 4.82. The molecule has 1 rings (SSSR count). The quantitative estimate of drug-likeness (QED) is 0.707. The van der Waals surface area contributed by atoms with Gasteiger partial charge in [0.25, 0.3) is 0 Å². The molecule has 0 atom stereocenters. The Kier molecular flexibility index (Phi) is 2.90. The number of aromatic nitrogens is 1. The lowest BCUT2D eigenvalue weighted by atomic mass is 9.86. The summed E-state index contributed by atoms with van der Waals surface area (Å²) in [6.45, 7) is 7.38. The fourth-order valence-electron chi connectivity index (χ4n) is 1.04. The number of hydrogen-bond donors (Lipinski definition) is 3. The molecule has 0 aliphatic heterocycles. The largest absolute Gasteiger partial charge is 0.397 e. The summed E-state index contributed by atoms with van der Waals surface area (Å²) in [4.78, 5) is 3.98. The molecule has 15 heavy (non-hydrogen) atoms. The van der Waals surface area contributed by atoms with Gasteiger partial charge in [0.1, 0.15) is 0 Å². The van der Waals surface area contributed by atoms with E-state index in [1.165, 1.54) is 0 Å². The Bertz CT molecular complexity index is 342. The van der Waals surface area contributed by atoms with Crippen molar-refractivity contribution in [2.75, 3.05) is 11.1 Å². The fraction of sp³-hybridized carbons (Fsp3) is 0.545. The van der Waals surface area contributed by atoms with E-state index in [0.717, 1.165) is 5.69 Å². The lowest BCUT2D eigenvalue weighted by molar-refractivity contribution is 0.0240. The predicted molar refractivity (Wildman–Crippen MR) is 62.6 cm³/mol. The fourth-order valence-corrected chi connectivity index (χ4v) is 1.04. The van der Waals surface area contributed by atoms with E-state index >= 15 is 0 Å². The lowest BCUT2D eigenvalue weighted by Gasteiger charge is -2.38. The van der Waals surface area contributed by atoms with E-state index < -0.39 is 11.1 Å². The molecule has 4 N–H and O–H groups in total. The molecule has 0 radical (unpaired) electrons. The molecule has 0 aromatic carbocycles. The summed E-state index contributed by atoms with van der Waals surface area (Å²) < 4.78 is 0. The van der Waals surface area contributed by atoms with Crippen molar-refractivity contribution in [3.8, 4) is 0 Å². The van der Waals surface area contributed by atoms with Crippen LogP contribution >= 0.6 is 0 Å². The molecule has 0 spiro atoms. The highest BCUT2D eigenvalue weighted by Crippen LogP contribution is 2.25. The second-order valence-electron chi connectivity index (χ2n) is 4.82. The molecule has 0 bridgehead atoms. The van der Waals surface area contributed by atoms with Gasteiger partial charge in [0, 0.05) is 6.20 Å². The first kappa shape index (κ1) is 11.8. The maximum Gasteiger partial charge on any atom is 0.0814 e. The van der Waals surface area contributed by atoms with Gasteiger partial charge in [-0.1, -0.05) is 0 Å². The maximum atomic E-state index is 9.96. The van der Waals surface area contributed by atoms with Gasteiger partial charge >= 0.3 is 0 Å². The normalized spacial score (nSPS) is 12.6. The Labute approximate surface area is 90.5 Å². The average Bonchev–Trinajstić information content (AvgIpc) is 2.00.